The van der Waals surface area contributed by atoms with Crippen molar-refractivity contribution in [3.63, 3.8) is 0 Å². The lowest BCUT2D eigenvalue weighted by molar-refractivity contribution is 0.262. The smallest absolute Gasteiger partial charge is 0.323 e. The summed E-state index contributed by atoms with van der Waals surface area (Å²) in [5.74, 6) is 1.25. The maximum Gasteiger partial charge on any atom is 0.323 e. The molecule has 0 aliphatic carbocycles. The minimum atomic E-state index is -0.367. The van der Waals surface area contributed by atoms with Crippen LogP contribution in [0.1, 0.15) is 0 Å². The summed E-state index contributed by atoms with van der Waals surface area (Å²) in [6.45, 7) is 0. The zero-order valence-electron chi connectivity index (χ0n) is 11.6. The predicted octanol–water partition coefficient (Wildman–Crippen LogP) is 4.11. The molecule has 0 heterocycles. The number of benzene rings is 2. The van der Waals surface area contributed by atoms with Gasteiger partial charge in [-0.2, -0.15) is 0 Å². The van der Waals surface area contributed by atoms with Gasteiger partial charge in [-0.05, 0) is 40.2 Å². The second-order valence-electron chi connectivity index (χ2n) is 4.13. The van der Waals surface area contributed by atoms with Gasteiger partial charge in [-0.1, -0.05) is 12.1 Å². The fourth-order valence-corrected chi connectivity index (χ4v) is 2.10. The number of rotatable bonds is 4. The average Bonchev–Trinajstić information content (AvgIpc) is 2.50. The first-order valence-electron chi connectivity index (χ1n) is 6.18. The number of hydrogen-bond donors (Lipinski definition) is 2. The highest BCUT2D eigenvalue weighted by Gasteiger charge is 2.09. The third-order valence-corrected chi connectivity index (χ3v) is 3.47. The number of methoxy groups -OCH3 is 2. The maximum absolute atomic E-state index is 12.1. The fraction of sp³-hybridized carbons (Fsp3) is 0.133. The van der Waals surface area contributed by atoms with Crippen LogP contribution in [0.5, 0.6) is 11.5 Å². The molecule has 0 atom stereocenters. The van der Waals surface area contributed by atoms with Crippen LogP contribution in [0, 0.1) is 0 Å². The summed E-state index contributed by atoms with van der Waals surface area (Å²) in [7, 11) is 3.12. The van der Waals surface area contributed by atoms with Crippen LogP contribution in [0.2, 0.25) is 0 Å². The van der Waals surface area contributed by atoms with Gasteiger partial charge in [0.05, 0.1) is 25.6 Å². The van der Waals surface area contributed by atoms with E-state index in [4.69, 9.17) is 9.47 Å². The van der Waals surface area contributed by atoms with Crippen LogP contribution in [0.25, 0.3) is 0 Å². The largest absolute Gasteiger partial charge is 0.497 e. The molecule has 0 bridgehead atoms. The highest BCUT2D eigenvalue weighted by atomic mass is 79.9. The Hall–Kier alpha value is -2.21. The monoisotopic (exact) mass is 350 g/mol. The first kappa shape index (κ1) is 15.2. The average molecular weight is 351 g/mol. The number of carbonyl (C=O) groups is 1. The Morgan fingerprint density at radius 1 is 1.00 bits per heavy atom. The van der Waals surface area contributed by atoms with Gasteiger partial charge in [-0.25, -0.2) is 4.79 Å². The van der Waals surface area contributed by atoms with Crippen molar-refractivity contribution in [2.75, 3.05) is 24.9 Å². The second-order valence-corrected chi connectivity index (χ2v) is 4.98. The van der Waals surface area contributed by atoms with E-state index in [1.165, 1.54) is 0 Å². The molecular formula is C15H15BrN2O3. The summed E-state index contributed by atoms with van der Waals surface area (Å²) in [4.78, 5) is 12.1. The maximum atomic E-state index is 12.1. The fourth-order valence-electron chi connectivity index (χ4n) is 1.75. The van der Waals surface area contributed by atoms with Crippen molar-refractivity contribution < 1.29 is 14.3 Å². The molecule has 2 aromatic carbocycles. The van der Waals surface area contributed by atoms with Crippen molar-refractivity contribution in [3.05, 3.63) is 46.9 Å². The van der Waals surface area contributed by atoms with E-state index in [1.54, 1.807) is 44.6 Å². The van der Waals surface area contributed by atoms with Crippen LogP contribution >= 0.6 is 15.9 Å². The lowest BCUT2D eigenvalue weighted by Crippen LogP contribution is -2.20. The van der Waals surface area contributed by atoms with Gasteiger partial charge < -0.3 is 20.1 Å². The lowest BCUT2D eigenvalue weighted by Gasteiger charge is -2.12. The Balaban J connectivity index is 2.11. The van der Waals surface area contributed by atoms with Crippen molar-refractivity contribution in [2.45, 2.75) is 0 Å². The van der Waals surface area contributed by atoms with Gasteiger partial charge in [0, 0.05) is 10.5 Å². The van der Waals surface area contributed by atoms with E-state index in [0.717, 1.165) is 4.47 Å². The number of amides is 2. The van der Waals surface area contributed by atoms with Crippen molar-refractivity contribution in [3.8, 4) is 11.5 Å². The number of hydrogen-bond acceptors (Lipinski definition) is 3. The molecule has 2 rings (SSSR count). The Labute approximate surface area is 131 Å². The van der Waals surface area contributed by atoms with Crippen LogP contribution in [0.3, 0.4) is 0 Å². The van der Waals surface area contributed by atoms with E-state index in [-0.39, 0.29) is 6.03 Å². The number of anilines is 2. The van der Waals surface area contributed by atoms with Crippen molar-refractivity contribution >= 4 is 33.3 Å². The van der Waals surface area contributed by atoms with Gasteiger partial charge in [0.2, 0.25) is 0 Å². The zero-order chi connectivity index (χ0) is 15.2. The van der Waals surface area contributed by atoms with E-state index in [0.29, 0.717) is 22.9 Å². The molecule has 2 N–H and O–H groups in total. The Bertz CT molecular complexity index is 647. The number of para-hydroxylation sites is 2. The van der Waals surface area contributed by atoms with E-state index < -0.39 is 0 Å². The number of carbonyl (C=O) groups excluding carboxylic acids is 1. The second kappa shape index (κ2) is 6.99. The highest BCUT2D eigenvalue weighted by Crippen LogP contribution is 2.28. The molecular weight excluding hydrogens is 336 g/mol. The molecule has 0 saturated heterocycles. The first-order valence-corrected chi connectivity index (χ1v) is 6.98. The van der Waals surface area contributed by atoms with Gasteiger partial charge >= 0.3 is 6.03 Å². The minimum Gasteiger partial charge on any atom is -0.497 e. The molecule has 0 aromatic heterocycles. The normalized spacial score (nSPS) is 9.86. The van der Waals surface area contributed by atoms with Crippen molar-refractivity contribution in [1.29, 1.82) is 0 Å². The number of urea groups is 1. The first-order chi connectivity index (χ1) is 10.1. The van der Waals surface area contributed by atoms with Crippen molar-refractivity contribution in [2.24, 2.45) is 0 Å². The third kappa shape index (κ3) is 3.88. The summed E-state index contributed by atoms with van der Waals surface area (Å²) in [6, 6.07) is 12.2. The summed E-state index contributed by atoms with van der Waals surface area (Å²) < 4.78 is 11.1. The van der Waals surface area contributed by atoms with Crippen LogP contribution in [0.15, 0.2) is 46.9 Å². The Kier molecular flexibility index (Phi) is 5.05. The molecule has 0 aliphatic heterocycles. The third-order valence-electron chi connectivity index (χ3n) is 2.78. The molecule has 0 saturated carbocycles. The standard InChI is InChI=1S/C15H15BrN2O3/c1-20-10-7-8-11(16)13(9-10)18-15(19)17-12-5-3-4-6-14(12)21-2/h3-9H,1-2H3,(H2,17,18,19). The number of halogens is 1. The van der Waals surface area contributed by atoms with E-state index >= 15 is 0 Å². The van der Waals surface area contributed by atoms with E-state index in [9.17, 15) is 4.79 Å². The summed E-state index contributed by atoms with van der Waals surface area (Å²) >= 11 is 3.38. The molecule has 110 valence electrons. The molecule has 21 heavy (non-hydrogen) atoms. The van der Waals surface area contributed by atoms with Gasteiger partial charge in [-0.15, -0.1) is 0 Å². The molecule has 0 fully saturated rings. The van der Waals surface area contributed by atoms with E-state index in [2.05, 4.69) is 26.6 Å². The van der Waals surface area contributed by atoms with Gasteiger partial charge in [0.1, 0.15) is 11.5 Å². The summed E-state index contributed by atoms with van der Waals surface area (Å²) in [6.07, 6.45) is 0. The quantitative estimate of drug-likeness (QED) is 0.872. The molecule has 2 amide bonds. The topological polar surface area (TPSA) is 59.6 Å². The van der Waals surface area contributed by atoms with E-state index in [1.807, 2.05) is 12.1 Å². The molecule has 0 unspecified atom stereocenters. The Morgan fingerprint density at radius 2 is 1.71 bits per heavy atom. The van der Waals surface area contributed by atoms with Gasteiger partial charge in [-0.3, -0.25) is 0 Å². The summed E-state index contributed by atoms with van der Waals surface area (Å²) in [5, 5.41) is 5.49. The van der Waals surface area contributed by atoms with Crippen LogP contribution < -0.4 is 20.1 Å². The zero-order valence-corrected chi connectivity index (χ0v) is 13.2. The SMILES string of the molecule is COc1ccc(Br)c(NC(=O)Nc2ccccc2OC)c1. The molecule has 0 radical (unpaired) electrons. The highest BCUT2D eigenvalue weighted by molar-refractivity contribution is 9.10. The van der Waals surface area contributed by atoms with Crippen LogP contribution in [0.4, 0.5) is 16.2 Å². The summed E-state index contributed by atoms with van der Waals surface area (Å²) in [5.41, 5.74) is 1.21. The van der Waals surface area contributed by atoms with Gasteiger partial charge in [0.25, 0.3) is 0 Å². The number of nitrogens with one attached hydrogen (secondary N) is 2. The minimum absolute atomic E-state index is 0.367. The molecule has 0 aliphatic rings. The molecule has 2 aromatic rings. The van der Waals surface area contributed by atoms with Gasteiger partial charge in [0.15, 0.2) is 0 Å². The van der Waals surface area contributed by atoms with Crippen LogP contribution in [-0.2, 0) is 0 Å². The Morgan fingerprint density at radius 3 is 2.43 bits per heavy atom. The molecule has 5 nitrogen and oxygen atoms in total. The van der Waals surface area contributed by atoms with Crippen LogP contribution in [-0.4, -0.2) is 20.3 Å². The molecule has 6 heteroatoms. The van der Waals surface area contributed by atoms with Crippen molar-refractivity contribution in [1.82, 2.24) is 0 Å². The number of ether oxygens (including phenoxy) is 2. The lowest BCUT2D eigenvalue weighted by atomic mass is 10.3. The predicted molar refractivity (Wildman–Crippen MR) is 86.3 cm³/mol. The molecule has 0 spiro atoms.